The molecule has 0 aromatic carbocycles. The number of nitrogens with zero attached hydrogens (tertiary/aromatic N) is 2. The molecule has 1 aliphatic rings. The molecule has 0 aromatic heterocycles. The first-order chi connectivity index (χ1) is 6.79. The zero-order valence-corrected chi connectivity index (χ0v) is 8.81. The average molecular weight is 202 g/mol. The molecule has 5 nitrogen and oxygen atoms in total. The van der Waals surface area contributed by atoms with Crippen molar-refractivity contribution in [1.82, 2.24) is 0 Å². The lowest BCUT2D eigenvalue weighted by Crippen LogP contribution is -2.38. The molecule has 5 heteroatoms. The number of hydrogen-bond acceptors (Lipinski definition) is 4. The van der Waals surface area contributed by atoms with E-state index in [0.29, 0.717) is 11.5 Å². The van der Waals surface area contributed by atoms with Gasteiger partial charge in [0.15, 0.2) is 5.28 Å². The van der Waals surface area contributed by atoms with E-state index in [4.69, 9.17) is 4.74 Å². The second-order valence-corrected chi connectivity index (χ2v) is 3.41. The van der Waals surface area contributed by atoms with Crippen LogP contribution < -0.4 is 0 Å². The van der Waals surface area contributed by atoms with Gasteiger partial charge in [-0.1, -0.05) is 11.3 Å². The molecule has 82 valence electrons. The molecular formula is C9H18N2O3. The fraction of sp³-hybridized carbons (Fsp3) is 1.00. The van der Waals surface area contributed by atoms with Crippen molar-refractivity contribution in [2.24, 2.45) is 5.28 Å². The molecule has 1 rings (SSSR count). The van der Waals surface area contributed by atoms with Crippen LogP contribution >= 0.6 is 0 Å². The molecule has 2 atom stereocenters. The van der Waals surface area contributed by atoms with Crippen LogP contribution in [0.1, 0.15) is 32.6 Å². The van der Waals surface area contributed by atoms with E-state index >= 15 is 0 Å². The second-order valence-electron chi connectivity index (χ2n) is 3.41. The van der Waals surface area contributed by atoms with Gasteiger partial charge in [-0.05, 0) is 19.8 Å². The normalized spacial score (nSPS) is 28.9. The molecule has 0 spiro atoms. The topological polar surface area (TPSA) is 56.9 Å². The van der Waals surface area contributed by atoms with E-state index in [-0.39, 0.29) is 12.1 Å². The van der Waals surface area contributed by atoms with Gasteiger partial charge in [-0.15, -0.1) is 0 Å². The van der Waals surface area contributed by atoms with Gasteiger partial charge in [0.2, 0.25) is 6.04 Å². The maximum Gasteiger partial charge on any atom is 0.219 e. The van der Waals surface area contributed by atoms with Crippen LogP contribution in [0.2, 0.25) is 0 Å². The van der Waals surface area contributed by atoms with Crippen LogP contribution in [-0.4, -0.2) is 30.7 Å². The van der Waals surface area contributed by atoms with E-state index in [2.05, 4.69) is 10.1 Å². The third kappa shape index (κ3) is 2.83. The summed E-state index contributed by atoms with van der Waals surface area (Å²) in [5, 5.41) is 14.8. The van der Waals surface area contributed by atoms with Gasteiger partial charge in [-0.25, -0.2) is 0 Å². The van der Waals surface area contributed by atoms with Crippen LogP contribution in [0.5, 0.6) is 0 Å². The van der Waals surface area contributed by atoms with E-state index in [1.54, 1.807) is 0 Å². The second kappa shape index (κ2) is 5.80. The molecule has 0 amide bonds. The summed E-state index contributed by atoms with van der Waals surface area (Å²) < 4.78 is 5.51. The van der Waals surface area contributed by atoms with Crippen LogP contribution in [0.4, 0.5) is 0 Å². The van der Waals surface area contributed by atoms with Gasteiger partial charge in [0.25, 0.3) is 0 Å². The fourth-order valence-electron chi connectivity index (χ4n) is 1.88. The van der Waals surface area contributed by atoms with Crippen molar-refractivity contribution in [3.05, 3.63) is 5.21 Å². The maximum atomic E-state index is 11.4. The van der Waals surface area contributed by atoms with Crippen molar-refractivity contribution in [2.75, 3.05) is 13.7 Å². The van der Waals surface area contributed by atoms with Gasteiger partial charge in [0.1, 0.15) is 13.2 Å². The van der Waals surface area contributed by atoms with Crippen molar-refractivity contribution in [1.29, 1.82) is 0 Å². The molecule has 0 N–H and O–H groups in total. The summed E-state index contributed by atoms with van der Waals surface area (Å²) in [5.74, 6) is 0. The molecule has 2 unspecified atom stereocenters. The molecule has 0 radical (unpaired) electrons. The lowest BCUT2D eigenvalue weighted by molar-refractivity contribution is -0.605. The highest BCUT2D eigenvalue weighted by Crippen LogP contribution is 2.23. The molecule has 0 aliphatic heterocycles. The predicted octanol–water partition coefficient (Wildman–Crippen LogP) is 1.86. The first-order valence-corrected chi connectivity index (χ1v) is 5.11. The van der Waals surface area contributed by atoms with E-state index in [9.17, 15) is 5.21 Å². The zero-order chi connectivity index (χ0) is 10.4. The first kappa shape index (κ1) is 11.2. The van der Waals surface area contributed by atoms with Crippen molar-refractivity contribution >= 4 is 0 Å². The van der Waals surface area contributed by atoms with Crippen molar-refractivity contribution in [2.45, 2.75) is 44.8 Å². The maximum absolute atomic E-state index is 11.4. The molecule has 1 aliphatic carbocycles. The minimum Gasteiger partial charge on any atom is -0.597 e. The monoisotopic (exact) mass is 202 g/mol. The minimum atomic E-state index is -0.177. The average Bonchev–Trinajstić information content (AvgIpc) is 2.19. The molecule has 0 heterocycles. The molecule has 1 fully saturated rings. The Hall–Kier alpha value is -0.840. The number of rotatable bonds is 4. The van der Waals surface area contributed by atoms with Gasteiger partial charge in [-0.2, -0.15) is 0 Å². The Labute approximate surface area is 84.2 Å². The zero-order valence-electron chi connectivity index (χ0n) is 8.81. The Balaban J connectivity index is 2.57. The van der Waals surface area contributed by atoms with Crippen molar-refractivity contribution in [3.63, 3.8) is 0 Å². The van der Waals surface area contributed by atoms with Crippen LogP contribution in [0, 0.1) is 5.21 Å². The molecule has 0 saturated heterocycles. The van der Waals surface area contributed by atoms with Crippen LogP contribution in [0.15, 0.2) is 5.28 Å². The highest BCUT2D eigenvalue weighted by Gasteiger charge is 2.33. The summed E-state index contributed by atoms with van der Waals surface area (Å²) in [6, 6.07) is -0.177. The van der Waals surface area contributed by atoms with Crippen molar-refractivity contribution < 1.29 is 14.4 Å². The Bertz CT molecular complexity index is 194. The molecule has 14 heavy (non-hydrogen) atoms. The van der Waals surface area contributed by atoms with E-state index < -0.39 is 0 Å². The van der Waals surface area contributed by atoms with Gasteiger partial charge in [-0.3, -0.25) is 0 Å². The highest BCUT2D eigenvalue weighted by molar-refractivity contribution is 4.75. The van der Waals surface area contributed by atoms with Crippen molar-refractivity contribution in [3.8, 4) is 0 Å². The summed E-state index contributed by atoms with van der Waals surface area (Å²) in [5.41, 5.74) is 0. The largest absolute Gasteiger partial charge is 0.597 e. The minimum absolute atomic E-state index is 0.00477. The smallest absolute Gasteiger partial charge is 0.219 e. The lowest BCUT2D eigenvalue weighted by Gasteiger charge is -2.26. The number of hydrogen-bond donors (Lipinski definition) is 0. The standard InChI is InChI=1S/C9H18N2O3/c1-3-14-9-7-5-4-6-8(9)11(12)10-13-2/h8-9H,3-7H2,1-2H3/b11-10-. The lowest BCUT2D eigenvalue weighted by atomic mass is 9.93. The van der Waals surface area contributed by atoms with Gasteiger partial charge in [0, 0.05) is 13.0 Å². The Morgan fingerprint density at radius 2 is 2.14 bits per heavy atom. The van der Waals surface area contributed by atoms with E-state index in [1.165, 1.54) is 7.11 Å². The molecule has 1 saturated carbocycles. The number of hydroxylamine groups is 1. The van der Waals surface area contributed by atoms with Gasteiger partial charge >= 0.3 is 0 Å². The van der Waals surface area contributed by atoms with Gasteiger partial charge < -0.3 is 14.8 Å². The molecule has 0 aromatic rings. The molecular weight excluding hydrogens is 184 g/mol. The molecule has 0 bridgehead atoms. The number of ether oxygens (including phenoxy) is 1. The van der Waals surface area contributed by atoms with Crippen LogP contribution in [0.25, 0.3) is 0 Å². The Kier molecular flexibility index (Phi) is 4.65. The summed E-state index contributed by atoms with van der Waals surface area (Å²) in [7, 11) is 1.38. The van der Waals surface area contributed by atoms with E-state index in [0.717, 1.165) is 25.7 Å². The van der Waals surface area contributed by atoms with Crippen LogP contribution in [0.3, 0.4) is 0 Å². The fourth-order valence-corrected chi connectivity index (χ4v) is 1.88. The summed E-state index contributed by atoms with van der Waals surface area (Å²) in [6.07, 6.45) is 3.97. The highest BCUT2D eigenvalue weighted by atomic mass is 16.7. The first-order valence-electron chi connectivity index (χ1n) is 5.11. The SMILES string of the molecule is CCOC1CCCCC1/[N+]([O-])=N/OC. The third-order valence-electron chi connectivity index (χ3n) is 2.49. The summed E-state index contributed by atoms with van der Waals surface area (Å²) in [6.45, 7) is 2.58. The Morgan fingerprint density at radius 3 is 2.79 bits per heavy atom. The van der Waals surface area contributed by atoms with Crippen LogP contribution in [-0.2, 0) is 9.57 Å². The third-order valence-corrected chi connectivity index (χ3v) is 2.49. The predicted molar refractivity (Wildman–Crippen MR) is 50.7 cm³/mol. The quantitative estimate of drug-likeness (QED) is 0.397. The van der Waals surface area contributed by atoms with Gasteiger partial charge in [0.05, 0.1) is 0 Å². The summed E-state index contributed by atoms with van der Waals surface area (Å²) >= 11 is 0. The Morgan fingerprint density at radius 1 is 1.43 bits per heavy atom. The summed E-state index contributed by atoms with van der Waals surface area (Å²) in [4.78, 5) is 5.10. The van der Waals surface area contributed by atoms with E-state index in [1.807, 2.05) is 6.92 Å².